The van der Waals surface area contributed by atoms with Crippen molar-refractivity contribution in [1.29, 1.82) is 0 Å². The van der Waals surface area contributed by atoms with Gasteiger partial charge in [-0.1, -0.05) is 48.5 Å². The van der Waals surface area contributed by atoms with Crippen molar-refractivity contribution in [2.24, 2.45) is 0 Å². The van der Waals surface area contributed by atoms with Gasteiger partial charge >= 0.3 is 0 Å². The van der Waals surface area contributed by atoms with Gasteiger partial charge in [-0.25, -0.2) is 8.42 Å². The Kier molecular flexibility index (Phi) is 5.92. The number of carbonyl (C=O) groups excluding carboxylic acids is 1. The Bertz CT molecular complexity index is 1090. The number of nitrogens with zero attached hydrogens (tertiary/aromatic N) is 1. The number of H-pyrrole nitrogens is 1. The summed E-state index contributed by atoms with van der Waals surface area (Å²) in [5.41, 5.74) is 2.50. The molecule has 30 heavy (non-hydrogen) atoms. The predicted octanol–water partition coefficient (Wildman–Crippen LogP) is 2.98. The van der Waals surface area contributed by atoms with E-state index in [2.05, 4.69) is 10.3 Å². The fraction of sp³-hybridized carbons (Fsp3) is 0.348. The lowest BCUT2D eigenvalue weighted by molar-refractivity contribution is 0.0682. The molecule has 0 bridgehead atoms. The molecule has 1 aliphatic rings. The van der Waals surface area contributed by atoms with Gasteiger partial charge in [0.05, 0.1) is 11.5 Å². The second-order valence-corrected chi connectivity index (χ2v) is 10.0. The Morgan fingerprint density at radius 2 is 1.83 bits per heavy atom. The van der Waals surface area contributed by atoms with E-state index < -0.39 is 9.84 Å². The number of para-hydroxylation sites is 1. The number of fused-ring (bicyclic) bond motifs is 1. The maximum Gasteiger partial charge on any atom is 0.270 e. The molecule has 1 aromatic heterocycles. The lowest BCUT2D eigenvalue weighted by Gasteiger charge is -2.37. The number of nitrogens with one attached hydrogen (secondary N) is 2. The summed E-state index contributed by atoms with van der Waals surface area (Å²) < 4.78 is 25.2. The molecule has 6 nitrogen and oxygen atoms in total. The normalized spacial score (nSPS) is 20.8. The van der Waals surface area contributed by atoms with Crippen LogP contribution in [-0.4, -0.2) is 54.3 Å². The SMILES string of the molecule is CCN(C(=O)c1cc2ccccc2[nH]1)C1C[C@H](NCc2ccccc2)CS(=O)(=O)C1. The van der Waals surface area contributed by atoms with E-state index in [9.17, 15) is 13.2 Å². The third kappa shape index (κ3) is 4.57. The predicted molar refractivity (Wildman–Crippen MR) is 119 cm³/mol. The molecular weight excluding hydrogens is 398 g/mol. The first-order chi connectivity index (χ1) is 14.4. The molecule has 0 aliphatic carbocycles. The number of rotatable bonds is 6. The summed E-state index contributed by atoms with van der Waals surface area (Å²) >= 11 is 0. The maximum atomic E-state index is 13.2. The number of hydrogen-bond donors (Lipinski definition) is 2. The first-order valence-corrected chi connectivity index (χ1v) is 12.1. The summed E-state index contributed by atoms with van der Waals surface area (Å²) in [6, 6.07) is 19.0. The number of aromatic amines is 1. The summed E-state index contributed by atoms with van der Waals surface area (Å²) in [5, 5.41) is 4.35. The van der Waals surface area contributed by atoms with E-state index in [-0.39, 0.29) is 29.5 Å². The minimum absolute atomic E-state index is 0.0102. The van der Waals surface area contributed by atoms with Crippen LogP contribution in [0.4, 0.5) is 0 Å². The van der Waals surface area contributed by atoms with Gasteiger partial charge in [0.2, 0.25) is 0 Å². The molecule has 1 fully saturated rings. The average molecular weight is 426 g/mol. The molecule has 3 aromatic rings. The van der Waals surface area contributed by atoms with Crippen LogP contribution in [0.25, 0.3) is 10.9 Å². The van der Waals surface area contributed by atoms with E-state index in [1.165, 1.54) is 0 Å². The Hall–Kier alpha value is -2.64. The third-order valence-electron chi connectivity index (χ3n) is 5.70. The number of hydrogen-bond acceptors (Lipinski definition) is 4. The monoisotopic (exact) mass is 425 g/mol. The van der Waals surface area contributed by atoms with E-state index in [0.717, 1.165) is 16.5 Å². The van der Waals surface area contributed by atoms with Crippen LogP contribution in [0.5, 0.6) is 0 Å². The molecule has 1 unspecified atom stereocenters. The first kappa shape index (κ1) is 20.6. The fourth-order valence-electron chi connectivity index (χ4n) is 4.26. The fourth-order valence-corrected chi connectivity index (χ4v) is 6.17. The van der Waals surface area contributed by atoms with Gasteiger partial charge in [0.1, 0.15) is 5.69 Å². The number of benzene rings is 2. The second kappa shape index (κ2) is 8.62. The quantitative estimate of drug-likeness (QED) is 0.636. The molecule has 2 atom stereocenters. The number of amides is 1. The van der Waals surface area contributed by atoms with Crippen molar-refractivity contribution in [3.8, 4) is 0 Å². The zero-order valence-electron chi connectivity index (χ0n) is 17.0. The molecule has 2 heterocycles. The van der Waals surface area contributed by atoms with Gasteiger partial charge in [0.25, 0.3) is 5.91 Å². The molecular formula is C23H27N3O3S. The molecule has 0 radical (unpaired) electrons. The molecule has 1 aliphatic heterocycles. The highest BCUT2D eigenvalue weighted by Crippen LogP contribution is 2.22. The zero-order chi connectivity index (χ0) is 21.1. The third-order valence-corrected chi connectivity index (χ3v) is 7.50. The van der Waals surface area contributed by atoms with Gasteiger partial charge in [0, 0.05) is 36.1 Å². The van der Waals surface area contributed by atoms with E-state index in [1.807, 2.05) is 67.6 Å². The number of aromatic nitrogens is 1. The average Bonchev–Trinajstić information content (AvgIpc) is 3.17. The molecule has 2 aromatic carbocycles. The summed E-state index contributed by atoms with van der Waals surface area (Å²) in [4.78, 5) is 18.1. The van der Waals surface area contributed by atoms with Crippen LogP contribution in [0.15, 0.2) is 60.7 Å². The van der Waals surface area contributed by atoms with Crippen LogP contribution >= 0.6 is 0 Å². The van der Waals surface area contributed by atoms with Crippen LogP contribution < -0.4 is 5.32 Å². The molecule has 7 heteroatoms. The van der Waals surface area contributed by atoms with Crippen molar-refractivity contribution in [2.45, 2.75) is 32.0 Å². The lowest BCUT2D eigenvalue weighted by Crippen LogP contribution is -2.53. The van der Waals surface area contributed by atoms with Gasteiger partial charge in [0.15, 0.2) is 9.84 Å². The van der Waals surface area contributed by atoms with Crippen molar-refractivity contribution in [3.63, 3.8) is 0 Å². The minimum atomic E-state index is -3.25. The Labute approximate surface area is 177 Å². The Morgan fingerprint density at radius 3 is 2.57 bits per heavy atom. The van der Waals surface area contributed by atoms with Crippen LogP contribution in [0.2, 0.25) is 0 Å². The number of sulfone groups is 1. The van der Waals surface area contributed by atoms with Gasteiger partial charge in [-0.15, -0.1) is 0 Å². The topological polar surface area (TPSA) is 82.3 Å². The van der Waals surface area contributed by atoms with E-state index in [1.54, 1.807) is 4.90 Å². The lowest BCUT2D eigenvalue weighted by atomic mass is 10.1. The van der Waals surface area contributed by atoms with E-state index in [0.29, 0.717) is 25.2 Å². The highest BCUT2D eigenvalue weighted by Gasteiger charge is 2.36. The molecule has 4 rings (SSSR count). The van der Waals surface area contributed by atoms with Crippen LogP contribution in [-0.2, 0) is 16.4 Å². The van der Waals surface area contributed by atoms with Gasteiger partial charge in [-0.2, -0.15) is 0 Å². The van der Waals surface area contributed by atoms with Crippen LogP contribution in [0, 0.1) is 0 Å². The second-order valence-electron chi connectivity index (χ2n) is 7.89. The summed E-state index contributed by atoms with van der Waals surface area (Å²) in [5.74, 6) is -0.0391. The highest BCUT2D eigenvalue weighted by atomic mass is 32.2. The van der Waals surface area contributed by atoms with Crippen molar-refractivity contribution in [1.82, 2.24) is 15.2 Å². The molecule has 1 amide bonds. The van der Waals surface area contributed by atoms with E-state index >= 15 is 0 Å². The van der Waals surface area contributed by atoms with Crippen molar-refractivity contribution in [3.05, 3.63) is 71.9 Å². The first-order valence-electron chi connectivity index (χ1n) is 10.3. The molecule has 0 spiro atoms. The number of carbonyl (C=O) groups is 1. The summed E-state index contributed by atoms with van der Waals surface area (Å²) in [7, 11) is -3.25. The Balaban J connectivity index is 1.51. The standard InChI is InChI=1S/C23H27N3O3S/c1-2-26(23(27)22-12-18-10-6-7-11-21(18)25-22)20-13-19(15-30(28,29)16-20)24-14-17-8-4-3-5-9-17/h3-12,19-20,24-25H,2,13-16H2,1H3/t19-,20?/m0/s1. The van der Waals surface area contributed by atoms with Crippen molar-refractivity contribution >= 4 is 26.6 Å². The van der Waals surface area contributed by atoms with Crippen LogP contribution in [0.3, 0.4) is 0 Å². The summed E-state index contributed by atoms with van der Waals surface area (Å²) in [6.45, 7) is 2.96. The molecule has 1 saturated heterocycles. The van der Waals surface area contributed by atoms with E-state index in [4.69, 9.17) is 0 Å². The highest BCUT2D eigenvalue weighted by molar-refractivity contribution is 7.91. The Morgan fingerprint density at radius 1 is 1.10 bits per heavy atom. The van der Waals surface area contributed by atoms with Crippen molar-refractivity contribution in [2.75, 3.05) is 18.1 Å². The molecule has 2 N–H and O–H groups in total. The maximum absolute atomic E-state index is 13.2. The largest absolute Gasteiger partial charge is 0.351 e. The van der Waals surface area contributed by atoms with Crippen molar-refractivity contribution < 1.29 is 13.2 Å². The zero-order valence-corrected chi connectivity index (χ0v) is 17.9. The molecule has 158 valence electrons. The minimum Gasteiger partial charge on any atom is -0.351 e. The molecule has 0 saturated carbocycles. The smallest absolute Gasteiger partial charge is 0.270 e. The van der Waals surface area contributed by atoms with Gasteiger partial charge in [-0.05, 0) is 31.0 Å². The van der Waals surface area contributed by atoms with Crippen LogP contribution in [0.1, 0.15) is 29.4 Å². The summed E-state index contributed by atoms with van der Waals surface area (Å²) in [6.07, 6.45) is 0.617. The van der Waals surface area contributed by atoms with Gasteiger partial charge in [-0.3, -0.25) is 4.79 Å². The van der Waals surface area contributed by atoms with Gasteiger partial charge < -0.3 is 15.2 Å².